The predicted molar refractivity (Wildman–Crippen MR) is 78.2 cm³/mol. The lowest BCUT2D eigenvalue weighted by Gasteiger charge is -2.15. The molecule has 0 atom stereocenters. The smallest absolute Gasteiger partial charge is 0.171 e. The molecule has 2 aromatic rings. The van der Waals surface area contributed by atoms with E-state index in [0.29, 0.717) is 24.7 Å². The Hall–Kier alpha value is -2.08. The molecule has 1 aromatic heterocycles. The lowest BCUT2D eigenvalue weighted by atomic mass is 10.2. The molecule has 6 heteroatoms. The van der Waals surface area contributed by atoms with Crippen LogP contribution in [0.1, 0.15) is 30.1 Å². The monoisotopic (exact) mass is 288 g/mol. The van der Waals surface area contributed by atoms with Crippen LogP contribution in [0.2, 0.25) is 0 Å². The van der Waals surface area contributed by atoms with Gasteiger partial charge in [-0.2, -0.15) is 0 Å². The molecular weight excluding hydrogens is 268 g/mol. The average molecular weight is 288 g/mol. The molecule has 0 bridgehead atoms. The molecule has 1 aliphatic rings. The van der Waals surface area contributed by atoms with E-state index in [1.165, 1.54) is 12.8 Å². The summed E-state index contributed by atoms with van der Waals surface area (Å²) < 4.78 is 13.4. The normalized spacial score (nSPS) is 13.8. The fourth-order valence-electron chi connectivity index (χ4n) is 2.58. The first kappa shape index (κ1) is 13.9. The number of nitrogens with zero attached hydrogens (tertiary/aromatic N) is 3. The zero-order valence-electron chi connectivity index (χ0n) is 12.2. The van der Waals surface area contributed by atoms with Gasteiger partial charge in [0, 0.05) is 19.5 Å². The topological polar surface area (TPSA) is 75.2 Å². The summed E-state index contributed by atoms with van der Waals surface area (Å²) in [6.45, 7) is 1.85. The predicted octanol–water partition coefficient (Wildman–Crippen LogP) is 1.66. The van der Waals surface area contributed by atoms with Gasteiger partial charge in [-0.05, 0) is 30.5 Å². The number of hydrogen-bond donors (Lipinski definition) is 1. The number of fused-ring (bicyclic) bond motifs is 1. The lowest BCUT2D eigenvalue weighted by Crippen LogP contribution is -2.14. The van der Waals surface area contributed by atoms with Crippen LogP contribution in [0.15, 0.2) is 18.2 Å². The third-order valence-electron chi connectivity index (χ3n) is 3.76. The Labute approximate surface area is 123 Å². The van der Waals surface area contributed by atoms with Crippen molar-refractivity contribution in [2.24, 2.45) is 5.73 Å². The number of benzene rings is 1. The molecule has 2 N–H and O–H groups in total. The van der Waals surface area contributed by atoms with Crippen LogP contribution in [0.4, 0.5) is 0 Å². The van der Waals surface area contributed by atoms with Gasteiger partial charge in [0.15, 0.2) is 17.3 Å². The molecule has 0 saturated carbocycles. The van der Waals surface area contributed by atoms with Gasteiger partial charge in [0.2, 0.25) is 0 Å². The van der Waals surface area contributed by atoms with Gasteiger partial charge >= 0.3 is 0 Å². The molecule has 0 fully saturated rings. The third kappa shape index (κ3) is 2.85. The first-order valence-electron chi connectivity index (χ1n) is 7.22. The van der Waals surface area contributed by atoms with E-state index in [0.717, 1.165) is 30.2 Å². The first-order valence-corrected chi connectivity index (χ1v) is 7.22. The fraction of sp³-hybridized carbons (Fsp3) is 0.467. The average Bonchev–Trinajstić information content (AvgIpc) is 2.96. The van der Waals surface area contributed by atoms with E-state index in [2.05, 4.69) is 14.8 Å². The van der Waals surface area contributed by atoms with Gasteiger partial charge < -0.3 is 19.8 Å². The summed E-state index contributed by atoms with van der Waals surface area (Å²) in [6, 6.07) is 5.72. The molecule has 0 radical (unpaired) electrons. The molecule has 21 heavy (non-hydrogen) atoms. The van der Waals surface area contributed by atoms with Gasteiger partial charge in [0.25, 0.3) is 0 Å². The summed E-state index contributed by atoms with van der Waals surface area (Å²) >= 11 is 0. The molecule has 1 aromatic carbocycles. The number of nitrogens with two attached hydrogens (primary N) is 1. The SMILES string of the molecule is COc1cc(CN)ccc1OCc1nnc2n1CCCC2. The highest BCUT2D eigenvalue weighted by Gasteiger charge is 2.16. The van der Waals surface area contributed by atoms with Crippen molar-refractivity contribution in [1.82, 2.24) is 14.8 Å². The van der Waals surface area contributed by atoms with Crippen LogP contribution in [-0.4, -0.2) is 21.9 Å². The molecule has 0 saturated heterocycles. The highest BCUT2D eigenvalue weighted by molar-refractivity contribution is 5.42. The van der Waals surface area contributed by atoms with Crippen molar-refractivity contribution in [3.63, 3.8) is 0 Å². The van der Waals surface area contributed by atoms with Crippen LogP contribution in [0.3, 0.4) is 0 Å². The van der Waals surface area contributed by atoms with Crippen LogP contribution < -0.4 is 15.2 Å². The standard InChI is InChI=1S/C15H20N4O2/c1-20-13-8-11(9-16)5-6-12(13)21-10-15-18-17-14-4-2-3-7-19(14)15/h5-6,8H,2-4,7,9-10,16H2,1H3. The van der Waals surface area contributed by atoms with Gasteiger partial charge in [-0.25, -0.2) is 0 Å². The van der Waals surface area contributed by atoms with Crippen LogP contribution in [0.5, 0.6) is 11.5 Å². The summed E-state index contributed by atoms with van der Waals surface area (Å²) in [5.74, 6) is 3.32. The Kier molecular flexibility index (Phi) is 4.06. The summed E-state index contributed by atoms with van der Waals surface area (Å²) in [4.78, 5) is 0. The van der Waals surface area contributed by atoms with Gasteiger partial charge in [0.1, 0.15) is 12.4 Å². The Balaban J connectivity index is 1.74. The number of rotatable bonds is 5. The minimum atomic E-state index is 0.394. The molecule has 0 aliphatic carbocycles. The van der Waals surface area contributed by atoms with Gasteiger partial charge in [-0.15, -0.1) is 10.2 Å². The van der Waals surface area contributed by atoms with E-state index in [4.69, 9.17) is 15.2 Å². The van der Waals surface area contributed by atoms with E-state index in [9.17, 15) is 0 Å². The Bertz CT molecular complexity index is 624. The van der Waals surface area contributed by atoms with Crippen molar-refractivity contribution in [3.8, 4) is 11.5 Å². The fourth-order valence-corrected chi connectivity index (χ4v) is 2.58. The second-order valence-corrected chi connectivity index (χ2v) is 5.12. The minimum absolute atomic E-state index is 0.394. The van der Waals surface area contributed by atoms with Gasteiger partial charge in [-0.3, -0.25) is 0 Å². The van der Waals surface area contributed by atoms with E-state index < -0.39 is 0 Å². The highest BCUT2D eigenvalue weighted by Crippen LogP contribution is 2.28. The zero-order valence-corrected chi connectivity index (χ0v) is 12.2. The number of methoxy groups -OCH3 is 1. The Morgan fingerprint density at radius 1 is 1.24 bits per heavy atom. The van der Waals surface area contributed by atoms with E-state index in [-0.39, 0.29) is 0 Å². The van der Waals surface area contributed by atoms with Crippen molar-refractivity contribution in [2.45, 2.75) is 39.0 Å². The van der Waals surface area contributed by atoms with Crippen molar-refractivity contribution in [2.75, 3.05) is 7.11 Å². The summed E-state index contributed by atoms with van der Waals surface area (Å²) in [5.41, 5.74) is 6.65. The molecular formula is C15H20N4O2. The molecule has 3 rings (SSSR count). The van der Waals surface area contributed by atoms with Crippen molar-refractivity contribution in [3.05, 3.63) is 35.4 Å². The maximum absolute atomic E-state index is 5.85. The number of aromatic nitrogens is 3. The molecule has 112 valence electrons. The molecule has 0 spiro atoms. The molecule has 2 heterocycles. The van der Waals surface area contributed by atoms with Crippen molar-refractivity contribution >= 4 is 0 Å². The van der Waals surface area contributed by atoms with Crippen LogP contribution in [0, 0.1) is 0 Å². The second-order valence-electron chi connectivity index (χ2n) is 5.12. The summed E-state index contributed by atoms with van der Waals surface area (Å²) in [5, 5.41) is 8.45. The number of ether oxygens (including phenoxy) is 2. The first-order chi connectivity index (χ1) is 10.3. The maximum atomic E-state index is 5.85. The van der Waals surface area contributed by atoms with Crippen molar-refractivity contribution in [1.29, 1.82) is 0 Å². The Morgan fingerprint density at radius 3 is 2.95 bits per heavy atom. The quantitative estimate of drug-likeness (QED) is 0.905. The third-order valence-corrected chi connectivity index (χ3v) is 3.76. The van der Waals surface area contributed by atoms with Crippen LogP contribution in [0.25, 0.3) is 0 Å². The maximum Gasteiger partial charge on any atom is 0.171 e. The van der Waals surface area contributed by atoms with E-state index in [1.807, 2.05) is 18.2 Å². The van der Waals surface area contributed by atoms with Gasteiger partial charge in [0.05, 0.1) is 7.11 Å². The molecule has 1 aliphatic heterocycles. The van der Waals surface area contributed by atoms with E-state index in [1.54, 1.807) is 7.11 Å². The number of aryl methyl sites for hydroxylation is 1. The lowest BCUT2D eigenvalue weighted by molar-refractivity contribution is 0.269. The molecule has 0 unspecified atom stereocenters. The summed E-state index contributed by atoms with van der Waals surface area (Å²) in [7, 11) is 1.63. The highest BCUT2D eigenvalue weighted by atomic mass is 16.5. The van der Waals surface area contributed by atoms with E-state index >= 15 is 0 Å². The van der Waals surface area contributed by atoms with Gasteiger partial charge in [-0.1, -0.05) is 6.07 Å². The second kappa shape index (κ2) is 6.13. The Morgan fingerprint density at radius 2 is 2.14 bits per heavy atom. The molecule has 6 nitrogen and oxygen atoms in total. The minimum Gasteiger partial charge on any atom is -0.493 e. The zero-order chi connectivity index (χ0) is 14.7. The van der Waals surface area contributed by atoms with Crippen LogP contribution in [-0.2, 0) is 26.1 Å². The largest absolute Gasteiger partial charge is 0.493 e. The number of hydrogen-bond acceptors (Lipinski definition) is 5. The molecule has 0 amide bonds. The van der Waals surface area contributed by atoms with Crippen LogP contribution >= 0.6 is 0 Å². The van der Waals surface area contributed by atoms with Crippen molar-refractivity contribution < 1.29 is 9.47 Å². The summed E-state index contributed by atoms with van der Waals surface area (Å²) in [6.07, 6.45) is 3.36.